The Labute approximate surface area is 90.5 Å². The largest absolute Gasteiger partial charge is 0.379 e. The standard InChI is InChI=1S/C11H20N2O2/c12-11(4-2-5-11)7-10(14)13-9-3-1-6-15-8-9/h9H,1-8,12H2,(H,13,14). The number of rotatable bonds is 3. The summed E-state index contributed by atoms with van der Waals surface area (Å²) in [5, 5.41) is 3.00. The number of hydrogen-bond acceptors (Lipinski definition) is 3. The van der Waals surface area contributed by atoms with Crippen LogP contribution in [0.2, 0.25) is 0 Å². The molecule has 0 aromatic heterocycles. The highest BCUT2D eigenvalue weighted by Crippen LogP contribution is 2.31. The van der Waals surface area contributed by atoms with E-state index in [1.807, 2.05) is 0 Å². The minimum Gasteiger partial charge on any atom is -0.379 e. The van der Waals surface area contributed by atoms with Gasteiger partial charge in [-0.2, -0.15) is 0 Å². The van der Waals surface area contributed by atoms with Gasteiger partial charge < -0.3 is 15.8 Å². The fourth-order valence-electron chi connectivity index (χ4n) is 2.26. The summed E-state index contributed by atoms with van der Waals surface area (Å²) in [6.07, 6.45) is 5.69. The Morgan fingerprint density at radius 2 is 2.27 bits per heavy atom. The normalized spacial score (nSPS) is 29.3. The topological polar surface area (TPSA) is 64.4 Å². The number of carbonyl (C=O) groups excluding carboxylic acids is 1. The summed E-state index contributed by atoms with van der Waals surface area (Å²) >= 11 is 0. The zero-order valence-corrected chi connectivity index (χ0v) is 9.13. The minimum absolute atomic E-state index is 0.0905. The molecule has 3 N–H and O–H groups in total. The third-order valence-electron chi connectivity index (χ3n) is 3.39. The van der Waals surface area contributed by atoms with Crippen LogP contribution in [0.25, 0.3) is 0 Å². The van der Waals surface area contributed by atoms with Crippen LogP contribution in [-0.4, -0.2) is 30.7 Å². The lowest BCUT2D eigenvalue weighted by molar-refractivity contribution is -0.124. The smallest absolute Gasteiger partial charge is 0.222 e. The zero-order valence-electron chi connectivity index (χ0n) is 9.13. The predicted octanol–water partition coefficient (Wildman–Crippen LogP) is 0.553. The molecule has 0 aromatic carbocycles. The van der Waals surface area contributed by atoms with Crippen molar-refractivity contribution >= 4 is 5.91 Å². The average Bonchev–Trinajstić information content (AvgIpc) is 2.16. The SMILES string of the molecule is NC1(CC(=O)NC2CCCOC2)CCC1. The third kappa shape index (κ3) is 2.92. The van der Waals surface area contributed by atoms with E-state index in [0.717, 1.165) is 38.7 Å². The molecular weight excluding hydrogens is 192 g/mol. The van der Waals surface area contributed by atoms with Gasteiger partial charge in [-0.1, -0.05) is 0 Å². The molecule has 1 saturated carbocycles. The molecule has 0 aromatic rings. The highest BCUT2D eigenvalue weighted by molar-refractivity contribution is 5.77. The second kappa shape index (κ2) is 4.49. The van der Waals surface area contributed by atoms with E-state index in [0.29, 0.717) is 13.0 Å². The van der Waals surface area contributed by atoms with Gasteiger partial charge in [-0.15, -0.1) is 0 Å². The first-order valence-electron chi connectivity index (χ1n) is 5.84. The molecular formula is C11H20N2O2. The summed E-state index contributed by atoms with van der Waals surface area (Å²) < 4.78 is 5.31. The van der Waals surface area contributed by atoms with Gasteiger partial charge >= 0.3 is 0 Å². The molecule has 4 heteroatoms. The molecule has 2 aliphatic rings. The van der Waals surface area contributed by atoms with Crippen LogP contribution in [0.15, 0.2) is 0 Å². The fourth-order valence-corrected chi connectivity index (χ4v) is 2.26. The van der Waals surface area contributed by atoms with E-state index in [2.05, 4.69) is 5.32 Å². The maximum Gasteiger partial charge on any atom is 0.222 e. The van der Waals surface area contributed by atoms with Gasteiger partial charge in [0.05, 0.1) is 12.6 Å². The monoisotopic (exact) mass is 212 g/mol. The molecule has 0 radical (unpaired) electrons. The summed E-state index contributed by atoms with van der Waals surface area (Å²) in [5.41, 5.74) is 5.81. The average molecular weight is 212 g/mol. The van der Waals surface area contributed by atoms with Crippen LogP contribution in [0.3, 0.4) is 0 Å². The molecule has 1 saturated heterocycles. The van der Waals surface area contributed by atoms with Crippen molar-refractivity contribution in [1.82, 2.24) is 5.32 Å². The van der Waals surface area contributed by atoms with Crippen LogP contribution in [0.1, 0.15) is 38.5 Å². The molecule has 15 heavy (non-hydrogen) atoms. The number of nitrogens with one attached hydrogen (secondary N) is 1. The first-order valence-corrected chi connectivity index (χ1v) is 5.84. The van der Waals surface area contributed by atoms with Gasteiger partial charge in [-0.3, -0.25) is 4.79 Å². The molecule has 86 valence electrons. The minimum atomic E-state index is -0.209. The van der Waals surface area contributed by atoms with Crippen molar-refractivity contribution in [2.24, 2.45) is 5.73 Å². The zero-order chi connectivity index (χ0) is 10.7. The Morgan fingerprint density at radius 3 is 2.80 bits per heavy atom. The highest BCUT2D eigenvalue weighted by atomic mass is 16.5. The third-order valence-corrected chi connectivity index (χ3v) is 3.39. The molecule has 1 atom stereocenters. The van der Waals surface area contributed by atoms with Crippen molar-refractivity contribution < 1.29 is 9.53 Å². The maximum atomic E-state index is 11.7. The van der Waals surface area contributed by atoms with Gasteiger partial charge in [0.2, 0.25) is 5.91 Å². The second-order valence-electron chi connectivity index (χ2n) is 4.87. The van der Waals surface area contributed by atoms with E-state index in [1.54, 1.807) is 0 Å². The van der Waals surface area contributed by atoms with Crippen LogP contribution < -0.4 is 11.1 Å². The number of carbonyl (C=O) groups is 1. The van der Waals surface area contributed by atoms with E-state index in [-0.39, 0.29) is 17.5 Å². The van der Waals surface area contributed by atoms with Gasteiger partial charge in [0.1, 0.15) is 0 Å². The van der Waals surface area contributed by atoms with E-state index in [1.165, 1.54) is 0 Å². The van der Waals surface area contributed by atoms with E-state index in [9.17, 15) is 4.79 Å². The van der Waals surface area contributed by atoms with Crippen LogP contribution in [0.4, 0.5) is 0 Å². The number of hydrogen-bond donors (Lipinski definition) is 2. The van der Waals surface area contributed by atoms with Gasteiger partial charge in [-0.05, 0) is 32.1 Å². The Hall–Kier alpha value is -0.610. The molecule has 4 nitrogen and oxygen atoms in total. The first-order chi connectivity index (χ1) is 7.18. The van der Waals surface area contributed by atoms with Crippen LogP contribution in [0, 0.1) is 0 Å². The summed E-state index contributed by atoms with van der Waals surface area (Å²) in [7, 11) is 0. The van der Waals surface area contributed by atoms with Gasteiger partial charge in [0, 0.05) is 18.6 Å². The van der Waals surface area contributed by atoms with Gasteiger partial charge in [0.25, 0.3) is 0 Å². The van der Waals surface area contributed by atoms with Gasteiger partial charge in [0.15, 0.2) is 0 Å². The Morgan fingerprint density at radius 1 is 1.47 bits per heavy atom. The molecule has 0 spiro atoms. The number of nitrogens with two attached hydrogens (primary N) is 1. The predicted molar refractivity (Wildman–Crippen MR) is 57.4 cm³/mol. The van der Waals surface area contributed by atoms with Crippen molar-refractivity contribution in [3.8, 4) is 0 Å². The summed E-state index contributed by atoms with van der Waals surface area (Å²) in [5.74, 6) is 0.0905. The Balaban J connectivity index is 1.71. The summed E-state index contributed by atoms with van der Waals surface area (Å²) in [6, 6.07) is 0.204. The lowest BCUT2D eigenvalue weighted by Gasteiger charge is -2.38. The quantitative estimate of drug-likeness (QED) is 0.718. The first kappa shape index (κ1) is 10.9. The molecule has 1 heterocycles. The van der Waals surface area contributed by atoms with Gasteiger partial charge in [-0.25, -0.2) is 0 Å². The molecule has 2 rings (SSSR count). The summed E-state index contributed by atoms with van der Waals surface area (Å²) in [4.78, 5) is 11.7. The fraction of sp³-hybridized carbons (Fsp3) is 0.909. The van der Waals surface area contributed by atoms with Crippen LogP contribution >= 0.6 is 0 Å². The molecule has 1 aliphatic carbocycles. The van der Waals surface area contributed by atoms with Crippen molar-refractivity contribution in [2.75, 3.05) is 13.2 Å². The summed E-state index contributed by atoms with van der Waals surface area (Å²) in [6.45, 7) is 1.48. The molecule has 0 bridgehead atoms. The van der Waals surface area contributed by atoms with E-state index in [4.69, 9.17) is 10.5 Å². The van der Waals surface area contributed by atoms with Crippen LogP contribution in [0.5, 0.6) is 0 Å². The van der Waals surface area contributed by atoms with E-state index >= 15 is 0 Å². The Bertz CT molecular complexity index is 233. The molecule has 1 amide bonds. The van der Waals surface area contributed by atoms with Crippen molar-refractivity contribution in [3.63, 3.8) is 0 Å². The molecule has 2 fully saturated rings. The highest BCUT2D eigenvalue weighted by Gasteiger charge is 2.35. The maximum absolute atomic E-state index is 11.7. The van der Waals surface area contributed by atoms with E-state index < -0.39 is 0 Å². The Kier molecular flexibility index (Phi) is 3.26. The molecule has 1 unspecified atom stereocenters. The number of ether oxygens (including phenoxy) is 1. The van der Waals surface area contributed by atoms with Crippen molar-refractivity contribution in [2.45, 2.75) is 50.1 Å². The lowest BCUT2D eigenvalue weighted by Crippen LogP contribution is -2.51. The van der Waals surface area contributed by atoms with Crippen molar-refractivity contribution in [3.05, 3.63) is 0 Å². The lowest BCUT2D eigenvalue weighted by atomic mass is 9.75. The second-order valence-corrected chi connectivity index (χ2v) is 4.87. The van der Waals surface area contributed by atoms with Crippen LogP contribution in [-0.2, 0) is 9.53 Å². The van der Waals surface area contributed by atoms with Crippen molar-refractivity contribution in [1.29, 1.82) is 0 Å². The number of amides is 1. The molecule has 1 aliphatic heterocycles.